The number of unbranched alkanes of at least 4 members (excludes halogenated alkanes) is 1. The Balaban J connectivity index is 2.14. The van der Waals surface area contributed by atoms with Gasteiger partial charge < -0.3 is 15.1 Å². The third-order valence-electron chi connectivity index (χ3n) is 2.46. The van der Waals surface area contributed by atoms with Gasteiger partial charge in [-0.3, -0.25) is 0 Å². The van der Waals surface area contributed by atoms with Crippen molar-refractivity contribution in [2.75, 3.05) is 18.4 Å². The lowest BCUT2D eigenvalue weighted by atomic mass is 10.2. The van der Waals surface area contributed by atoms with Crippen LogP contribution in [0.5, 0.6) is 0 Å². The highest BCUT2D eigenvalue weighted by molar-refractivity contribution is 5.16. The molecule has 0 spiro atoms. The summed E-state index contributed by atoms with van der Waals surface area (Å²) in [6, 6.07) is 0.248. The molecule has 5 nitrogen and oxygen atoms in total. The van der Waals surface area contributed by atoms with E-state index in [1.165, 1.54) is 0 Å². The zero-order valence-corrected chi connectivity index (χ0v) is 11.8. The summed E-state index contributed by atoms with van der Waals surface area (Å²) < 4.78 is 41.0. The number of alkyl halides is 3. The van der Waals surface area contributed by atoms with Crippen LogP contribution in [-0.2, 0) is 6.54 Å². The summed E-state index contributed by atoms with van der Waals surface area (Å²) in [7, 11) is 0. The van der Waals surface area contributed by atoms with Crippen LogP contribution in [0.3, 0.4) is 0 Å². The van der Waals surface area contributed by atoms with E-state index in [1.54, 1.807) is 0 Å². The van der Waals surface area contributed by atoms with Gasteiger partial charge in [-0.2, -0.15) is 13.2 Å². The molecule has 0 atom stereocenters. The Labute approximate surface area is 116 Å². The number of anilines is 1. The standard InChI is InChI=1S/C12H21F3N4O/c1-9(2)7-16-8-10-18-19-11(20-10)17-6-4-3-5-12(13,14)15/h9,16H,3-8H2,1-2H3,(H,17,19). The zero-order chi connectivity index (χ0) is 15.0. The van der Waals surface area contributed by atoms with Gasteiger partial charge in [-0.25, -0.2) is 0 Å². The molecule has 0 amide bonds. The van der Waals surface area contributed by atoms with Crippen molar-refractivity contribution in [3.63, 3.8) is 0 Å². The van der Waals surface area contributed by atoms with E-state index in [9.17, 15) is 13.2 Å². The van der Waals surface area contributed by atoms with Gasteiger partial charge in [0.05, 0.1) is 6.54 Å². The molecule has 0 saturated carbocycles. The molecule has 1 heterocycles. The highest BCUT2D eigenvalue weighted by Crippen LogP contribution is 2.22. The van der Waals surface area contributed by atoms with Crippen molar-refractivity contribution in [1.82, 2.24) is 15.5 Å². The summed E-state index contributed by atoms with van der Waals surface area (Å²) in [5.74, 6) is 0.993. The van der Waals surface area contributed by atoms with Crippen LogP contribution in [0.15, 0.2) is 4.42 Å². The predicted octanol–water partition coefficient (Wildman–Crippen LogP) is 2.96. The maximum Gasteiger partial charge on any atom is 0.389 e. The molecule has 116 valence electrons. The van der Waals surface area contributed by atoms with E-state index in [0.717, 1.165) is 6.54 Å². The van der Waals surface area contributed by atoms with E-state index in [0.29, 0.717) is 31.3 Å². The van der Waals surface area contributed by atoms with Gasteiger partial charge >= 0.3 is 12.2 Å². The largest absolute Gasteiger partial charge is 0.407 e. The smallest absolute Gasteiger partial charge is 0.389 e. The van der Waals surface area contributed by atoms with Crippen LogP contribution in [0.25, 0.3) is 0 Å². The highest BCUT2D eigenvalue weighted by Gasteiger charge is 2.25. The first-order valence-electron chi connectivity index (χ1n) is 6.70. The van der Waals surface area contributed by atoms with E-state index in [4.69, 9.17) is 4.42 Å². The number of nitrogens with zero attached hydrogens (tertiary/aromatic N) is 2. The van der Waals surface area contributed by atoms with Crippen LogP contribution in [0.1, 0.15) is 39.0 Å². The van der Waals surface area contributed by atoms with E-state index in [2.05, 4.69) is 34.7 Å². The second-order valence-corrected chi connectivity index (χ2v) is 5.02. The Kier molecular flexibility index (Phi) is 6.77. The summed E-state index contributed by atoms with van der Waals surface area (Å²) in [4.78, 5) is 0. The summed E-state index contributed by atoms with van der Waals surface area (Å²) >= 11 is 0. The topological polar surface area (TPSA) is 63.0 Å². The van der Waals surface area contributed by atoms with E-state index < -0.39 is 12.6 Å². The van der Waals surface area contributed by atoms with Crippen LogP contribution >= 0.6 is 0 Å². The third kappa shape index (κ3) is 7.98. The van der Waals surface area contributed by atoms with Gasteiger partial charge in [0, 0.05) is 13.0 Å². The minimum absolute atomic E-state index is 0.0907. The highest BCUT2D eigenvalue weighted by atomic mass is 19.4. The van der Waals surface area contributed by atoms with Crippen molar-refractivity contribution in [1.29, 1.82) is 0 Å². The van der Waals surface area contributed by atoms with Crippen LogP contribution in [0.4, 0.5) is 19.2 Å². The fourth-order valence-electron chi connectivity index (χ4n) is 1.51. The van der Waals surface area contributed by atoms with Gasteiger partial charge in [0.15, 0.2) is 0 Å². The quantitative estimate of drug-likeness (QED) is 0.686. The Hall–Kier alpha value is -1.31. The number of nitrogens with one attached hydrogen (secondary N) is 2. The first kappa shape index (κ1) is 16.7. The number of aromatic nitrogens is 2. The van der Waals surface area contributed by atoms with Crippen molar-refractivity contribution < 1.29 is 17.6 Å². The second kappa shape index (κ2) is 8.08. The molecule has 0 aliphatic rings. The monoisotopic (exact) mass is 294 g/mol. The van der Waals surface area contributed by atoms with Crippen LogP contribution in [0, 0.1) is 5.92 Å². The van der Waals surface area contributed by atoms with Gasteiger partial charge in [-0.05, 0) is 25.3 Å². The molecule has 0 bridgehead atoms. The lowest BCUT2D eigenvalue weighted by Gasteiger charge is -2.05. The molecule has 20 heavy (non-hydrogen) atoms. The minimum atomic E-state index is -4.08. The maximum atomic E-state index is 11.9. The number of rotatable bonds is 9. The molecule has 8 heteroatoms. The Morgan fingerprint density at radius 1 is 1.20 bits per heavy atom. The number of halogens is 3. The maximum absolute atomic E-state index is 11.9. The Morgan fingerprint density at radius 3 is 2.60 bits per heavy atom. The fraction of sp³-hybridized carbons (Fsp3) is 0.833. The summed E-state index contributed by atoms with van der Waals surface area (Å²) in [6.07, 6.45) is -4.35. The van der Waals surface area contributed by atoms with Gasteiger partial charge in [0.1, 0.15) is 0 Å². The summed E-state index contributed by atoms with van der Waals surface area (Å²) in [5, 5.41) is 13.6. The predicted molar refractivity (Wildman–Crippen MR) is 69.2 cm³/mol. The molecule has 1 aromatic rings. The molecule has 0 radical (unpaired) electrons. The van der Waals surface area contributed by atoms with Crippen molar-refractivity contribution in [2.24, 2.45) is 5.92 Å². The molecule has 0 aromatic carbocycles. The molecular formula is C12H21F3N4O. The molecule has 0 aliphatic carbocycles. The van der Waals surface area contributed by atoms with Gasteiger partial charge in [0.2, 0.25) is 5.89 Å². The van der Waals surface area contributed by atoms with E-state index in [-0.39, 0.29) is 12.4 Å². The molecule has 0 saturated heterocycles. The van der Waals surface area contributed by atoms with Gasteiger partial charge in [0.25, 0.3) is 0 Å². The first-order chi connectivity index (χ1) is 9.37. The van der Waals surface area contributed by atoms with E-state index in [1.807, 2.05) is 0 Å². The van der Waals surface area contributed by atoms with Crippen LogP contribution in [0.2, 0.25) is 0 Å². The van der Waals surface area contributed by atoms with Crippen LogP contribution in [-0.4, -0.2) is 29.5 Å². The third-order valence-corrected chi connectivity index (χ3v) is 2.46. The van der Waals surface area contributed by atoms with Crippen molar-refractivity contribution in [2.45, 2.75) is 45.8 Å². The lowest BCUT2D eigenvalue weighted by Crippen LogP contribution is -2.19. The lowest BCUT2D eigenvalue weighted by molar-refractivity contribution is -0.135. The first-order valence-corrected chi connectivity index (χ1v) is 6.70. The molecule has 0 fully saturated rings. The minimum Gasteiger partial charge on any atom is -0.407 e. The molecule has 0 unspecified atom stereocenters. The van der Waals surface area contributed by atoms with Crippen molar-refractivity contribution in [3.8, 4) is 0 Å². The van der Waals surface area contributed by atoms with Crippen LogP contribution < -0.4 is 10.6 Å². The summed E-state index contributed by atoms with van der Waals surface area (Å²) in [6.45, 7) is 5.91. The fourth-order valence-corrected chi connectivity index (χ4v) is 1.51. The number of hydrogen-bond acceptors (Lipinski definition) is 5. The van der Waals surface area contributed by atoms with Crippen molar-refractivity contribution in [3.05, 3.63) is 5.89 Å². The summed E-state index contributed by atoms with van der Waals surface area (Å²) in [5.41, 5.74) is 0. The van der Waals surface area contributed by atoms with Gasteiger partial charge in [-0.15, -0.1) is 5.10 Å². The molecule has 1 rings (SSSR count). The average Bonchev–Trinajstić information content (AvgIpc) is 2.74. The molecule has 1 aromatic heterocycles. The SMILES string of the molecule is CC(C)CNCc1nnc(NCCCCC(F)(F)F)o1. The molecule has 0 aliphatic heterocycles. The van der Waals surface area contributed by atoms with Gasteiger partial charge in [-0.1, -0.05) is 18.9 Å². The zero-order valence-electron chi connectivity index (χ0n) is 11.8. The number of hydrogen-bond donors (Lipinski definition) is 2. The second-order valence-electron chi connectivity index (χ2n) is 5.02. The molecule has 2 N–H and O–H groups in total. The van der Waals surface area contributed by atoms with E-state index >= 15 is 0 Å². The average molecular weight is 294 g/mol. The Bertz CT molecular complexity index is 379. The Morgan fingerprint density at radius 2 is 1.95 bits per heavy atom. The normalized spacial score (nSPS) is 12.1. The van der Waals surface area contributed by atoms with Crippen molar-refractivity contribution >= 4 is 6.01 Å². The molecular weight excluding hydrogens is 273 g/mol.